The maximum absolute atomic E-state index is 13.0. The molecule has 3 N–H and O–H groups in total. The van der Waals surface area contributed by atoms with Crippen LogP contribution >= 0.6 is 11.8 Å². The van der Waals surface area contributed by atoms with E-state index in [2.05, 4.69) is 9.82 Å². The van der Waals surface area contributed by atoms with Gasteiger partial charge in [0.2, 0.25) is 0 Å². The zero-order valence-corrected chi connectivity index (χ0v) is 19.4. The van der Waals surface area contributed by atoms with Gasteiger partial charge in [0.25, 0.3) is 10.0 Å². The summed E-state index contributed by atoms with van der Waals surface area (Å²) in [6.45, 7) is 0. The van der Waals surface area contributed by atoms with Gasteiger partial charge in [-0.1, -0.05) is 36.4 Å². The van der Waals surface area contributed by atoms with Gasteiger partial charge in [0.15, 0.2) is 11.5 Å². The van der Waals surface area contributed by atoms with Crippen LogP contribution in [0.3, 0.4) is 0 Å². The SMILES string of the molecule is COc1ccc(S(=O)(=O)Nc2ccccc2SCCc2ccc(/C=N\N)cc2)cc1OC. The third kappa shape index (κ3) is 5.95. The summed E-state index contributed by atoms with van der Waals surface area (Å²) in [5.74, 6) is 6.77. The van der Waals surface area contributed by atoms with E-state index in [1.807, 2.05) is 36.4 Å². The van der Waals surface area contributed by atoms with Gasteiger partial charge in [-0.25, -0.2) is 8.42 Å². The number of nitrogens with zero attached hydrogens (tertiary/aromatic N) is 1. The van der Waals surface area contributed by atoms with Gasteiger partial charge in [-0.2, -0.15) is 5.10 Å². The van der Waals surface area contributed by atoms with E-state index in [0.717, 1.165) is 22.6 Å². The number of anilines is 1. The van der Waals surface area contributed by atoms with E-state index in [-0.39, 0.29) is 4.90 Å². The number of aryl methyl sites for hydroxylation is 1. The Hall–Kier alpha value is -3.17. The zero-order chi connectivity index (χ0) is 23.0. The van der Waals surface area contributed by atoms with Crippen LogP contribution in [0.25, 0.3) is 0 Å². The highest BCUT2D eigenvalue weighted by atomic mass is 32.2. The van der Waals surface area contributed by atoms with Gasteiger partial charge in [0.1, 0.15) is 0 Å². The van der Waals surface area contributed by atoms with Crippen molar-refractivity contribution in [1.29, 1.82) is 0 Å². The first kappa shape index (κ1) is 23.5. The first-order chi connectivity index (χ1) is 15.5. The molecular formula is C23H25N3O4S2. The highest BCUT2D eigenvalue weighted by Crippen LogP contribution is 2.32. The average Bonchev–Trinajstić information content (AvgIpc) is 2.81. The molecule has 168 valence electrons. The number of sulfonamides is 1. The number of para-hydroxylation sites is 1. The normalized spacial score (nSPS) is 11.4. The predicted octanol–water partition coefficient (Wildman–Crippen LogP) is 4.13. The molecule has 32 heavy (non-hydrogen) atoms. The fraction of sp³-hybridized carbons (Fsp3) is 0.174. The lowest BCUT2D eigenvalue weighted by molar-refractivity contribution is 0.354. The summed E-state index contributed by atoms with van der Waals surface area (Å²) in [7, 11) is -0.837. The molecule has 0 bridgehead atoms. The number of methoxy groups -OCH3 is 2. The summed E-state index contributed by atoms with van der Waals surface area (Å²) in [4.78, 5) is 0.944. The van der Waals surface area contributed by atoms with Crippen LogP contribution < -0.4 is 20.0 Å². The Balaban J connectivity index is 1.70. The van der Waals surface area contributed by atoms with Gasteiger partial charge in [0, 0.05) is 16.7 Å². The zero-order valence-electron chi connectivity index (χ0n) is 17.8. The molecule has 0 radical (unpaired) electrons. The Kier molecular flexibility index (Phi) is 8.02. The molecule has 0 atom stereocenters. The number of ether oxygens (including phenoxy) is 2. The van der Waals surface area contributed by atoms with Crippen molar-refractivity contribution in [2.45, 2.75) is 16.2 Å². The number of thioether (sulfide) groups is 1. The smallest absolute Gasteiger partial charge is 0.262 e. The predicted molar refractivity (Wildman–Crippen MR) is 129 cm³/mol. The van der Waals surface area contributed by atoms with Crippen LogP contribution in [0.5, 0.6) is 11.5 Å². The molecule has 0 saturated carbocycles. The Morgan fingerprint density at radius 1 is 1.00 bits per heavy atom. The van der Waals surface area contributed by atoms with Crippen LogP contribution in [0.4, 0.5) is 5.69 Å². The van der Waals surface area contributed by atoms with Crippen molar-refractivity contribution >= 4 is 33.7 Å². The van der Waals surface area contributed by atoms with Crippen LogP contribution in [-0.4, -0.2) is 34.6 Å². The Labute approximate surface area is 192 Å². The summed E-state index contributed by atoms with van der Waals surface area (Å²) in [6, 6.07) is 19.8. The van der Waals surface area contributed by atoms with Crippen molar-refractivity contribution < 1.29 is 17.9 Å². The molecule has 0 heterocycles. The van der Waals surface area contributed by atoms with Crippen molar-refractivity contribution in [3.63, 3.8) is 0 Å². The topological polar surface area (TPSA) is 103 Å². The standard InChI is InChI=1S/C23H25N3O4S2/c1-29-21-12-11-19(15-22(21)30-2)32(27,28)26-20-5-3-4-6-23(20)31-14-13-17-7-9-18(10-8-17)16-25-24/h3-12,15-16,26H,13-14,24H2,1-2H3/b25-16-. The number of hydrazone groups is 1. The summed E-state index contributed by atoms with van der Waals surface area (Å²) < 4.78 is 39.0. The lowest BCUT2D eigenvalue weighted by atomic mass is 10.1. The molecule has 0 aliphatic carbocycles. The van der Waals surface area contributed by atoms with E-state index in [1.165, 1.54) is 31.9 Å². The van der Waals surface area contributed by atoms with Crippen LogP contribution in [0.2, 0.25) is 0 Å². The maximum atomic E-state index is 13.0. The molecule has 0 amide bonds. The fourth-order valence-electron chi connectivity index (χ4n) is 3.00. The van der Waals surface area contributed by atoms with Crippen LogP contribution in [-0.2, 0) is 16.4 Å². The lowest BCUT2D eigenvalue weighted by Crippen LogP contribution is -2.13. The molecule has 3 aromatic rings. The van der Waals surface area contributed by atoms with Gasteiger partial charge in [0.05, 0.1) is 31.0 Å². The molecule has 7 nitrogen and oxygen atoms in total. The molecule has 3 rings (SSSR count). The molecule has 0 spiro atoms. The lowest BCUT2D eigenvalue weighted by Gasteiger charge is -2.14. The number of hydrogen-bond acceptors (Lipinski definition) is 7. The quantitative estimate of drug-likeness (QED) is 0.199. The van der Waals surface area contributed by atoms with E-state index >= 15 is 0 Å². The molecule has 0 unspecified atom stereocenters. The second kappa shape index (κ2) is 10.9. The molecule has 0 aliphatic heterocycles. The largest absolute Gasteiger partial charge is 0.493 e. The monoisotopic (exact) mass is 471 g/mol. The third-order valence-corrected chi connectivity index (χ3v) is 7.09. The number of nitrogens with one attached hydrogen (secondary N) is 1. The average molecular weight is 472 g/mol. The van der Waals surface area contributed by atoms with E-state index in [9.17, 15) is 8.42 Å². The molecule has 0 saturated heterocycles. The highest BCUT2D eigenvalue weighted by Gasteiger charge is 2.18. The minimum absolute atomic E-state index is 0.0936. The second-order valence-electron chi connectivity index (χ2n) is 6.74. The number of benzene rings is 3. The molecule has 0 fully saturated rings. The van der Waals surface area contributed by atoms with Crippen LogP contribution in [0, 0.1) is 0 Å². The second-order valence-corrected chi connectivity index (χ2v) is 9.56. The van der Waals surface area contributed by atoms with Crippen molar-refractivity contribution in [3.05, 3.63) is 77.9 Å². The van der Waals surface area contributed by atoms with Crippen molar-refractivity contribution in [2.75, 3.05) is 24.7 Å². The van der Waals surface area contributed by atoms with Gasteiger partial charge >= 0.3 is 0 Å². The Morgan fingerprint density at radius 2 is 1.72 bits per heavy atom. The van der Waals surface area contributed by atoms with E-state index in [4.69, 9.17) is 15.3 Å². The fourth-order valence-corrected chi connectivity index (χ4v) is 5.17. The van der Waals surface area contributed by atoms with Crippen LogP contribution in [0.1, 0.15) is 11.1 Å². The van der Waals surface area contributed by atoms with Gasteiger partial charge in [-0.15, -0.1) is 11.8 Å². The summed E-state index contributed by atoms with van der Waals surface area (Å²) in [5, 5.41) is 3.52. The summed E-state index contributed by atoms with van der Waals surface area (Å²) in [5.41, 5.74) is 2.65. The van der Waals surface area contributed by atoms with Crippen molar-refractivity contribution in [3.8, 4) is 11.5 Å². The molecular weight excluding hydrogens is 446 g/mol. The number of rotatable bonds is 10. The minimum Gasteiger partial charge on any atom is -0.493 e. The highest BCUT2D eigenvalue weighted by molar-refractivity contribution is 7.99. The maximum Gasteiger partial charge on any atom is 0.262 e. The molecule has 0 aliphatic rings. The molecule has 9 heteroatoms. The Morgan fingerprint density at radius 3 is 2.41 bits per heavy atom. The number of nitrogens with two attached hydrogens (primary N) is 1. The molecule has 0 aromatic heterocycles. The summed E-state index contributed by atoms with van der Waals surface area (Å²) in [6.07, 6.45) is 2.43. The van der Waals surface area contributed by atoms with Crippen molar-refractivity contribution in [1.82, 2.24) is 0 Å². The van der Waals surface area contributed by atoms with Gasteiger partial charge < -0.3 is 15.3 Å². The van der Waals surface area contributed by atoms with Crippen molar-refractivity contribution in [2.24, 2.45) is 10.9 Å². The van der Waals surface area contributed by atoms with Crippen LogP contribution in [0.15, 0.2) is 81.6 Å². The molecule has 3 aromatic carbocycles. The first-order valence-electron chi connectivity index (χ1n) is 9.75. The van der Waals surface area contributed by atoms with Gasteiger partial charge in [-0.05, 0) is 41.8 Å². The van der Waals surface area contributed by atoms with E-state index in [0.29, 0.717) is 17.2 Å². The number of hydrogen-bond donors (Lipinski definition) is 2. The van der Waals surface area contributed by atoms with Gasteiger partial charge in [-0.3, -0.25) is 4.72 Å². The third-order valence-electron chi connectivity index (χ3n) is 4.65. The minimum atomic E-state index is -3.80. The first-order valence-corrected chi connectivity index (χ1v) is 12.2. The Bertz CT molecular complexity index is 1180. The van der Waals surface area contributed by atoms with E-state index < -0.39 is 10.0 Å². The summed E-state index contributed by atoms with van der Waals surface area (Å²) >= 11 is 1.59. The van der Waals surface area contributed by atoms with E-state index in [1.54, 1.807) is 36.2 Å².